The van der Waals surface area contributed by atoms with Crippen LogP contribution >= 0.6 is 0 Å². The molecule has 3 aromatic rings. The van der Waals surface area contributed by atoms with E-state index in [1.54, 1.807) is 19.2 Å². The van der Waals surface area contributed by atoms with Crippen LogP contribution in [-0.4, -0.2) is 24.5 Å². The molecule has 0 aliphatic carbocycles. The Morgan fingerprint density at radius 2 is 1.89 bits per heavy atom. The van der Waals surface area contributed by atoms with Crippen molar-refractivity contribution in [3.8, 4) is 17.2 Å². The molecule has 3 rings (SSSR count). The molecule has 0 radical (unpaired) electrons. The zero-order valence-electron chi connectivity index (χ0n) is 16.0. The molecule has 0 saturated carbocycles. The molecule has 0 aliphatic heterocycles. The van der Waals surface area contributed by atoms with E-state index in [1.807, 2.05) is 31.2 Å². The van der Waals surface area contributed by atoms with Crippen molar-refractivity contribution in [1.29, 1.82) is 0 Å². The third-order valence-electron chi connectivity index (χ3n) is 4.48. The number of nitrogens with one attached hydrogen (secondary N) is 1. The van der Waals surface area contributed by atoms with Crippen molar-refractivity contribution in [3.63, 3.8) is 0 Å². The number of carbonyl (C=O) groups excluding carboxylic acids is 1. The molecule has 0 unspecified atom stereocenters. The summed E-state index contributed by atoms with van der Waals surface area (Å²) in [5, 5.41) is 2.91. The molecule has 146 valence electrons. The van der Waals surface area contributed by atoms with Crippen molar-refractivity contribution >= 4 is 5.91 Å². The molecule has 1 heterocycles. The number of ether oxygens (including phenoxy) is 1. The predicted molar refractivity (Wildman–Crippen MR) is 105 cm³/mol. The fourth-order valence-corrected chi connectivity index (χ4v) is 2.94. The van der Waals surface area contributed by atoms with Crippen LogP contribution in [-0.2, 0) is 17.6 Å². The second-order valence-corrected chi connectivity index (χ2v) is 6.44. The third-order valence-corrected chi connectivity index (χ3v) is 4.48. The Kier molecular flexibility index (Phi) is 6.42. The molecule has 1 aromatic heterocycles. The molecular formula is C22H23FN2O3. The normalized spacial score (nSPS) is 10.7. The summed E-state index contributed by atoms with van der Waals surface area (Å²) in [4.78, 5) is 16.6. The van der Waals surface area contributed by atoms with Gasteiger partial charge in [0.25, 0.3) is 0 Å². The van der Waals surface area contributed by atoms with Gasteiger partial charge in [-0.2, -0.15) is 0 Å². The van der Waals surface area contributed by atoms with Crippen LogP contribution in [0.5, 0.6) is 5.75 Å². The molecule has 1 amide bonds. The number of aromatic nitrogens is 1. The highest BCUT2D eigenvalue weighted by Crippen LogP contribution is 2.22. The smallest absolute Gasteiger partial charge is 0.226 e. The van der Waals surface area contributed by atoms with Crippen LogP contribution in [0.2, 0.25) is 0 Å². The number of nitrogens with zero attached hydrogens (tertiary/aromatic N) is 1. The van der Waals surface area contributed by atoms with E-state index in [-0.39, 0.29) is 11.7 Å². The topological polar surface area (TPSA) is 64.4 Å². The Bertz CT molecular complexity index is 935. The number of para-hydroxylation sites is 1. The average Bonchev–Trinajstić information content (AvgIpc) is 3.07. The molecule has 2 aromatic carbocycles. The molecule has 0 bridgehead atoms. The fraction of sp³-hybridized carbons (Fsp3) is 0.273. The first kappa shape index (κ1) is 19.6. The maximum atomic E-state index is 13.0. The summed E-state index contributed by atoms with van der Waals surface area (Å²) in [7, 11) is 1.62. The standard InChI is InChI=1S/C22H23FN2O3/c1-15-19(25-22(28-15)17-7-10-18(23)11-8-17)13-14-24-21(26)12-9-16-5-3-4-6-20(16)27-2/h3-8,10-11H,9,12-14H2,1-2H3,(H,24,26). The lowest BCUT2D eigenvalue weighted by Crippen LogP contribution is -2.26. The van der Waals surface area contributed by atoms with Crippen molar-refractivity contribution < 1.29 is 18.3 Å². The number of carbonyl (C=O) groups is 1. The first-order valence-corrected chi connectivity index (χ1v) is 9.17. The first-order valence-electron chi connectivity index (χ1n) is 9.17. The number of halogens is 1. The van der Waals surface area contributed by atoms with E-state index in [2.05, 4.69) is 10.3 Å². The second kappa shape index (κ2) is 9.17. The Hall–Kier alpha value is -3.15. The van der Waals surface area contributed by atoms with Crippen LogP contribution in [0.1, 0.15) is 23.4 Å². The SMILES string of the molecule is COc1ccccc1CCC(=O)NCCc1nc(-c2ccc(F)cc2)oc1C. The summed E-state index contributed by atoms with van der Waals surface area (Å²) < 4.78 is 24.0. The van der Waals surface area contributed by atoms with E-state index in [1.165, 1.54) is 12.1 Å². The van der Waals surface area contributed by atoms with Crippen LogP contribution in [0.4, 0.5) is 4.39 Å². The van der Waals surface area contributed by atoms with Crippen LogP contribution in [0.15, 0.2) is 52.9 Å². The van der Waals surface area contributed by atoms with Crippen molar-refractivity contribution in [1.82, 2.24) is 10.3 Å². The maximum Gasteiger partial charge on any atom is 0.226 e. The van der Waals surface area contributed by atoms with Gasteiger partial charge in [-0.05, 0) is 49.2 Å². The van der Waals surface area contributed by atoms with E-state index >= 15 is 0 Å². The largest absolute Gasteiger partial charge is 0.496 e. The number of oxazole rings is 1. The van der Waals surface area contributed by atoms with Gasteiger partial charge in [0.1, 0.15) is 17.3 Å². The number of hydrogen-bond acceptors (Lipinski definition) is 4. The number of methoxy groups -OCH3 is 1. The fourth-order valence-electron chi connectivity index (χ4n) is 2.94. The summed E-state index contributed by atoms with van der Waals surface area (Å²) in [6, 6.07) is 13.7. The monoisotopic (exact) mass is 382 g/mol. The summed E-state index contributed by atoms with van der Waals surface area (Å²) >= 11 is 0. The molecule has 0 spiro atoms. The van der Waals surface area contributed by atoms with Gasteiger partial charge < -0.3 is 14.5 Å². The Morgan fingerprint density at radius 3 is 2.64 bits per heavy atom. The minimum absolute atomic E-state index is 0.0224. The zero-order valence-corrected chi connectivity index (χ0v) is 16.0. The van der Waals surface area contributed by atoms with Crippen LogP contribution in [0, 0.1) is 12.7 Å². The van der Waals surface area contributed by atoms with Gasteiger partial charge in [-0.25, -0.2) is 9.37 Å². The number of hydrogen-bond donors (Lipinski definition) is 1. The second-order valence-electron chi connectivity index (χ2n) is 6.44. The molecule has 0 fully saturated rings. The van der Waals surface area contributed by atoms with Crippen LogP contribution < -0.4 is 10.1 Å². The molecule has 6 heteroatoms. The molecule has 0 aliphatic rings. The highest BCUT2D eigenvalue weighted by atomic mass is 19.1. The van der Waals surface area contributed by atoms with Gasteiger partial charge in [-0.15, -0.1) is 0 Å². The van der Waals surface area contributed by atoms with E-state index in [0.717, 1.165) is 22.6 Å². The van der Waals surface area contributed by atoms with Crippen LogP contribution in [0.3, 0.4) is 0 Å². The predicted octanol–water partition coefficient (Wildman–Crippen LogP) is 4.09. The molecule has 5 nitrogen and oxygen atoms in total. The van der Waals surface area contributed by atoms with E-state index in [4.69, 9.17) is 9.15 Å². The highest BCUT2D eigenvalue weighted by molar-refractivity contribution is 5.76. The Balaban J connectivity index is 1.49. The zero-order chi connectivity index (χ0) is 19.9. The van der Waals surface area contributed by atoms with Crippen LogP contribution in [0.25, 0.3) is 11.5 Å². The Labute approximate surface area is 163 Å². The third kappa shape index (κ3) is 4.97. The summed E-state index contributed by atoms with van der Waals surface area (Å²) in [5.41, 5.74) is 2.51. The van der Waals surface area contributed by atoms with Gasteiger partial charge in [-0.1, -0.05) is 18.2 Å². The number of benzene rings is 2. The van der Waals surface area contributed by atoms with Gasteiger partial charge >= 0.3 is 0 Å². The van der Waals surface area contributed by atoms with E-state index in [0.29, 0.717) is 37.5 Å². The lowest BCUT2D eigenvalue weighted by atomic mass is 10.1. The molecule has 0 atom stereocenters. The number of amides is 1. The summed E-state index contributed by atoms with van der Waals surface area (Å²) in [6.45, 7) is 2.31. The summed E-state index contributed by atoms with van der Waals surface area (Å²) in [5.74, 6) is 1.62. The van der Waals surface area contributed by atoms with Crippen molar-refractivity contribution in [3.05, 3.63) is 71.4 Å². The number of rotatable bonds is 8. The minimum Gasteiger partial charge on any atom is -0.496 e. The Morgan fingerprint density at radius 1 is 1.14 bits per heavy atom. The quantitative estimate of drug-likeness (QED) is 0.637. The van der Waals surface area contributed by atoms with Crippen molar-refractivity contribution in [2.45, 2.75) is 26.2 Å². The highest BCUT2D eigenvalue weighted by Gasteiger charge is 2.12. The minimum atomic E-state index is -0.303. The maximum absolute atomic E-state index is 13.0. The number of aryl methyl sites for hydroxylation is 2. The molecule has 0 saturated heterocycles. The van der Waals surface area contributed by atoms with Crippen molar-refractivity contribution in [2.24, 2.45) is 0 Å². The van der Waals surface area contributed by atoms with Gasteiger partial charge in [0.15, 0.2) is 0 Å². The first-order chi connectivity index (χ1) is 13.6. The molecule has 28 heavy (non-hydrogen) atoms. The lowest BCUT2D eigenvalue weighted by Gasteiger charge is -2.08. The van der Waals surface area contributed by atoms with Gasteiger partial charge in [0.05, 0.1) is 12.8 Å². The molecule has 1 N–H and O–H groups in total. The average molecular weight is 382 g/mol. The van der Waals surface area contributed by atoms with Gasteiger partial charge in [0.2, 0.25) is 11.8 Å². The summed E-state index contributed by atoms with van der Waals surface area (Å²) in [6.07, 6.45) is 1.57. The van der Waals surface area contributed by atoms with E-state index < -0.39 is 0 Å². The van der Waals surface area contributed by atoms with Gasteiger partial charge in [0, 0.05) is 24.9 Å². The van der Waals surface area contributed by atoms with Crippen molar-refractivity contribution in [2.75, 3.05) is 13.7 Å². The molecular weight excluding hydrogens is 359 g/mol. The van der Waals surface area contributed by atoms with E-state index in [9.17, 15) is 9.18 Å². The van der Waals surface area contributed by atoms with Gasteiger partial charge in [-0.3, -0.25) is 4.79 Å². The lowest BCUT2D eigenvalue weighted by molar-refractivity contribution is -0.121.